The van der Waals surface area contributed by atoms with Crippen molar-refractivity contribution in [2.45, 2.75) is 52.2 Å². The fraction of sp³-hybridized carbons (Fsp3) is 0.733. The third kappa shape index (κ3) is 5.63. The van der Waals surface area contributed by atoms with Gasteiger partial charge in [-0.05, 0) is 25.7 Å². The molecule has 118 valence electrons. The van der Waals surface area contributed by atoms with Crippen LogP contribution in [-0.4, -0.2) is 30.3 Å². The first-order chi connectivity index (χ1) is 10.1. The zero-order valence-corrected chi connectivity index (χ0v) is 13.7. The summed E-state index contributed by atoms with van der Waals surface area (Å²) in [6.07, 6.45) is 7.16. The summed E-state index contributed by atoms with van der Waals surface area (Å²) in [6.45, 7) is 5.86. The summed E-state index contributed by atoms with van der Waals surface area (Å²) in [7, 11) is 0. The van der Waals surface area contributed by atoms with Crippen molar-refractivity contribution in [2.24, 2.45) is 5.92 Å². The number of nitrogens with zero attached hydrogens (tertiary/aromatic N) is 1. The Hall–Kier alpha value is -1.14. The van der Waals surface area contributed by atoms with Gasteiger partial charge in [0.05, 0.1) is 19.3 Å². The van der Waals surface area contributed by atoms with Crippen molar-refractivity contribution in [3.05, 3.63) is 16.1 Å². The predicted molar refractivity (Wildman–Crippen MR) is 84.5 cm³/mol. The summed E-state index contributed by atoms with van der Waals surface area (Å²) < 4.78 is 5.86. The average molecular weight is 311 g/mol. The predicted octanol–water partition coefficient (Wildman–Crippen LogP) is 2.85. The Bertz CT molecular complexity index is 450. The van der Waals surface area contributed by atoms with E-state index in [1.807, 2.05) is 13.1 Å². The van der Waals surface area contributed by atoms with Gasteiger partial charge in [0.25, 0.3) is 0 Å². The van der Waals surface area contributed by atoms with Gasteiger partial charge in [-0.1, -0.05) is 19.8 Å². The number of carbonyl (C=O) groups is 1. The van der Waals surface area contributed by atoms with Crippen LogP contribution in [0.2, 0.25) is 0 Å². The zero-order chi connectivity index (χ0) is 15.1. The lowest BCUT2D eigenvalue weighted by molar-refractivity contribution is -0.00243. The second kappa shape index (κ2) is 8.34. The zero-order valence-electron chi connectivity index (χ0n) is 12.9. The highest BCUT2D eigenvalue weighted by Gasteiger charge is 2.21. The van der Waals surface area contributed by atoms with Crippen LogP contribution in [0.3, 0.4) is 0 Å². The molecule has 0 bridgehead atoms. The topological polar surface area (TPSA) is 63.2 Å². The van der Waals surface area contributed by atoms with Gasteiger partial charge in [-0.15, -0.1) is 11.3 Å². The first-order valence-electron chi connectivity index (χ1n) is 7.70. The molecule has 1 fully saturated rings. The third-order valence-electron chi connectivity index (χ3n) is 3.82. The van der Waals surface area contributed by atoms with Crippen molar-refractivity contribution < 1.29 is 9.53 Å². The summed E-state index contributed by atoms with van der Waals surface area (Å²) >= 11 is 1.60. The Labute approximate surface area is 130 Å². The van der Waals surface area contributed by atoms with Gasteiger partial charge in [-0.25, -0.2) is 9.78 Å². The van der Waals surface area contributed by atoms with Crippen LogP contribution < -0.4 is 10.6 Å². The lowest BCUT2D eigenvalue weighted by Gasteiger charge is -2.28. The molecule has 6 heteroatoms. The van der Waals surface area contributed by atoms with E-state index in [-0.39, 0.29) is 6.03 Å². The number of hydrogen-bond acceptors (Lipinski definition) is 4. The monoisotopic (exact) mass is 311 g/mol. The van der Waals surface area contributed by atoms with Crippen LogP contribution in [0.5, 0.6) is 0 Å². The number of aromatic nitrogens is 1. The number of amides is 2. The molecule has 5 nitrogen and oxygen atoms in total. The van der Waals surface area contributed by atoms with Gasteiger partial charge in [0.1, 0.15) is 5.01 Å². The normalized spacial score (nSPS) is 22.0. The van der Waals surface area contributed by atoms with Crippen molar-refractivity contribution in [3.8, 4) is 0 Å². The minimum absolute atomic E-state index is 0.164. The van der Waals surface area contributed by atoms with Crippen LogP contribution in [0.1, 0.15) is 42.5 Å². The van der Waals surface area contributed by atoms with Gasteiger partial charge in [-0.3, -0.25) is 0 Å². The van der Waals surface area contributed by atoms with Gasteiger partial charge >= 0.3 is 6.03 Å². The van der Waals surface area contributed by atoms with Crippen LogP contribution in [0, 0.1) is 12.8 Å². The summed E-state index contributed by atoms with van der Waals surface area (Å²) in [5.74, 6) is 0.640. The van der Waals surface area contributed by atoms with Gasteiger partial charge in [0, 0.05) is 17.6 Å². The van der Waals surface area contributed by atoms with E-state index >= 15 is 0 Å². The van der Waals surface area contributed by atoms with E-state index < -0.39 is 0 Å². The molecule has 1 saturated carbocycles. The minimum atomic E-state index is -0.164. The van der Waals surface area contributed by atoms with Crippen LogP contribution in [-0.2, 0) is 11.3 Å². The number of carbonyl (C=O) groups excluding carboxylic acids is 1. The molecular formula is C15H25N3O2S. The highest BCUT2D eigenvalue weighted by atomic mass is 32.1. The Morgan fingerprint density at radius 1 is 1.43 bits per heavy atom. The maximum absolute atomic E-state index is 11.6. The first-order valence-corrected chi connectivity index (χ1v) is 8.51. The van der Waals surface area contributed by atoms with Crippen molar-refractivity contribution in [2.75, 3.05) is 13.2 Å². The van der Waals surface area contributed by atoms with E-state index in [1.165, 1.54) is 19.3 Å². The maximum atomic E-state index is 11.6. The maximum Gasteiger partial charge on any atom is 0.315 e. The van der Waals surface area contributed by atoms with Gasteiger partial charge in [0.2, 0.25) is 0 Å². The molecule has 0 spiro atoms. The van der Waals surface area contributed by atoms with Crippen molar-refractivity contribution in [3.63, 3.8) is 0 Å². The number of ether oxygens (including phenoxy) is 1. The Morgan fingerprint density at radius 3 is 2.95 bits per heavy atom. The summed E-state index contributed by atoms with van der Waals surface area (Å²) in [6, 6.07) is -0.164. The van der Waals surface area contributed by atoms with E-state index in [4.69, 9.17) is 4.74 Å². The molecule has 0 aromatic carbocycles. The van der Waals surface area contributed by atoms with E-state index in [9.17, 15) is 4.79 Å². The molecule has 2 unspecified atom stereocenters. The number of nitrogens with one attached hydrogen (secondary N) is 2. The standard InChI is InChI=1S/C15H25N3O2S/c1-11-5-3-4-6-13(11)20-8-7-16-15(19)18-10-14-17-9-12(2)21-14/h9,11,13H,3-8,10H2,1-2H3,(H2,16,18,19). The molecule has 1 heterocycles. The molecule has 2 atom stereocenters. The van der Waals surface area contributed by atoms with Crippen LogP contribution in [0.15, 0.2) is 6.20 Å². The lowest BCUT2D eigenvalue weighted by Crippen LogP contribution is -2.38. The Morgan fingerprint density at radius 2 is 2.24 bits per heavy atom. The summed E-state index contributed by atoms with van der Waals surface area (Å²) in [5, 5.41) is 6.54. The van der Waals surface area contributed by atoms with E-state index in [0.29, 0.717) is 31.7 Å². The summed E-state index contributed by atoms with van der Waals surface area (Å²) in [5.41, 5.74) is 0. The molecule has 2 rings (SSSR count). The van der Waals surface area contributed by atoms with E-state index in [0.717, 1.165) is 16.3 Å². The number of urea groups is 1. The lowest BCUT2D eigenvalue weighted by atomic mass is 9.88. The number of rotatable bonds is 6. The third-order valence-corrected chi connectivity index (χ3v) is 4.73. The second-order valence-corrected chi connectivity index (χ2v) is 6.96. The highest BCUT2D eigenvalue weighted by Crippen LogP contribution is 2.25. The molecule has 2 amide bonds. The van der Waals surface area contributed by atoms with Gasteiger partial charge in [0.15, 0.2) is 0 Å². The number of thiazole rings is 1. The summed E-state index contributed by atoms with van der Waals surface area (Å²) in [4.78, 5) is 17.0. The Kier molecular flexibility index (Phi) is 6.45. The molecule has 21 heavy (non-hydrogen) atoms. The molecule has 1 aliphatic carbocycles. The molecule has 2 N–H and O–H groups in total. The average Bonchev–Trinajstić information content (AvgIpc) is 2.89. The highest BCUT2D eigenvalue weighted by molar-refractivity contribution is 7.11. The molecular weight excluding hydrogens is 286 g/mol. The SMILES string of the molecule is Cc1cnc(CNC(=O)NCCOC2CCCCC2C)s1. The largest absolute Gasteiger partial charge is 0.376 e. The molecule has 0 aliphatic heterocycles. The molecule has 1 aromatic rings. The van der Waals surface area contributed by atoms with Crippen LogP contribution >= 0.6 is 11.3 Å². The van der Waals surface area contributed by atoms with E-state index in [2.05, 4.69) is 22.5 Å². The van der Waals surface area contributed by atoms with Crippen LogP contribution in [0.25, 0.3) is 0 Å². The molecule has 1 aromatic heterocycles. The van der Waals surface area contributed by atoms with Crippen molar-refractivity contribution >= 4 is 17.4 Å². The number of hydrogen-bond donors (Lipinski definition) is 2. The molecule has 0 saturated heterocycles. The molecule has 1 aliphatic rings. The van der Waals surface area contributed by atoms with Crippen molar-refractivity contribution in [1.82, 2.24) is 15.6 Å². The smallest absolute Gasteiger partial charge is 0.315 e. The van der Waals surface area contributed by atoms with Gasteiger partial charge in [-0.2, -0.15) is 0 Å². The quantitative estimate of drug-likeness (QED) is 0.794. The van der Waals surface area contributed by atoms with Gasteiger partial charge < -0.3 is 15.4 Å². The Balaban J connectivity index is 1.54. The molecule has 0 radical (unpaired) electrons. The minimum Gasteiger partial charge on any atom is -0.376 e. The van der Waals surface area contributed by atoms with E-state index in [1.54, 1.807) is 11.3 Å². The number of aryl methyl sites for hydroxylation is 1. The fourth-order valence-electron chi connectivity index (χ4n) is 2.61. The van der Waals surface area contributed by atoms with Crippen LogP contribution in [0.4, 0.5) is 4.79 Å². The fourth-order valence-corrected chi connectivity index (χ4v) is 3.33. The first kappa shape index (κ1) is 16.2. The second-order valence-electron chi connectivity index (χ2n) is 5.65. The van der Waals surface area contributed by atoms with Crippen molar-refractivity contribution in [1.29, 1.82) is 0 Å².